The molecule has 7 heteroatoms. The number of carbonyl (C=O) groups is 1. The van der Waals surface area contributed by atoms with Crippen LogP contribution in [-0.2, 0) is 0 Å². The van der Waals surface area contributed by atoms with Gasteiger partial charge in [0, 0.05) is 24.2 Å². The molecule has 2 aromatic rings. The molecule has 1 atom stereocenters. The van der Waals surface area contributed by atoms with E-state index >= 15 is 0 Å². The van der Waals surface area contributed by atoms with E-state index in [1.54, 1.807) is 13.2 Å². The minimum absolute atomic E-state index is 0.0337. The van der Waals surface area contributed by atoms with Gasteiger partial charge >= 0.3 is 0 Å². The first kappa shape index (κ1) is 18.4. The molecule has 0 aliphatic carbocycles. The molecule has 0 saturated carbocycles. The number of benzene rings is 2. The summed E-state index contributed by atoms with van der Waals surface area (Å²) in [6, 6.07) is 13.3. The number of nitro benzene ring substituents is 1. The van der Waals surface area contributed by atoms with E-state index in [1.807, 2.05) is 43.3 Å². The highest BCUT2D eigenvalue weighted by atomic mass is 16.6. The molecule has 2 rings (SSSR count). The van der Waals surface area contributed by atoms with Gasteiger partial charge in [0.1, 0.15) is 5.75 Å². The van der Waals surface area contributed by atoms with Gasteiger partial charge in [0.25, 0.3) is 11.6 Å². The highest BCUT2D eigenvalue weighted by molar-refractivity contribution is 5.94. The van der Waals surface area contributed by atoms with E-state index in [9.17, 15) is 14.9 Å². The van der Waals surface area contributed by atoms with Crippen LogP contribution in [-0.4, -0.2) is 43.5 Å². The average Bonchev–Trinajstić information content (AvgIpc) is 2.62. The van der Waals surface area contributed by atoms with Crippen molar-refractivity contribution in [1.82, 2.24) is 10.2 Å². The molecule has 7 nitrogen and oxygen atoms in total. The van der Waals surface area contributed by atoms with Crippen LogP contribution in [0.5, 0.6) is 5.75 Å². The molecule has 0 aromatic heterocycles. The summed E-state index contributed by atoms with van der Waals surface area (Å²) >= 11 is 0. The second kappa shape index (κ2) is 8.25. The van der Waals surface area contributed by atoms with Crippen molar-refractivity contribution < 1.29 is 14.5 Å². The van der Waals surface area contributed by atoms with Crippen LogP contribution in [0.25, 0.3) is 0 Å². The third-order valence-electron chi connectivity index (χ3n) is 3.90. The Kier molecular flexibility index (Phi) is 6.08. The van der Waals surface area contributed by atoms with Gasteiger partial charge in [-0.2, -0.15) is 0 Å². The number of rotatable bonds is 7. The minimum Gasteiger partial charge on any atom is -0.497 e. The van der Waals surface area contributed by atoms with Gasteiger partial charge < -0.3 is 15.0 Å². The first-order valence-electron chi connectivity index (χ1n) is 7.75. The van der Waals surface area contributed by atoms with Crippen molar-refractivity contribution in [1.29, 1.82) is 0 Å². The molecule has 0 aliphatic rings. The van der Waals surface area contributed by atoms with Crippen LogP contribution < -0.4 is 10.1 Å². The van der Waals surface area contributed by atoms with E-state index in [0.717, 1.165) is 11.3 Å². The number of nitrogens with zero attached hydrogens (tertiary/aromatic N) is 2. The molecule has 1 amide bonds. The summed E-state index contributed by atoms with van der Waals surface area (Å²) in [5, 5.41) is 13.7. The first-order valence-corrected chi connectivity index (χ1v) is 7.75. The van der Waals surface area contributed by atoms with Gasteiger partial charge in [0.05, 0.1) is 18.1 Å². The van der Waals surface area contributed by atoms with Gasteiger partial charge in [-0.15, -0.1) is 0 Å². The standard InChI is InChI=1S/C18H21N3O4/c1-20(2)17(13-7-9-16(25-3)10-8-13)12-19-18(22)14-5-4-6-15(11-14)21(23)24/h4-11,17H,12H2,1-3H3,(H,19,22). The van der Waals surface area contributed by atoms with Crippen LogP contribution in [0, 0.1) is 10.1 Å². The monoisotopic (exact) mass is 343 g/mol. The van der Waals surface area contributed by atoms with Gasteiger partial charge in [-0.3, -0.25) is 14.9 Å². The summed E-state index contributed by atoms with van der Waals surface area (Å²) in [6.07, 6.45) is 0. The van der Waals surface area contributed by atoms with Gasteiger partial charge in [-0.05, 0) is 37.9 Å². The highest BCUT2D eigenvalue weighted by Crippen LogP contribution is 2.21. The SMILES string of the molecule is COc1ccc(C(CNC(=O)c2cccc([N+](=O)[O-])c2)N(C)C)cc1. The van der Waals surface area contributed by atoms with Crippen LogP contribution in [0.2, 0.25) is 0 Å². The molecule has 1 unspecified atom stereocenters. The Balaban J connectivity index is 2.08. The molecule has 0 spiro atoms. The van der Waals surface area contributed by atoms with Gasteiger partial charge in [-0.1, -0.05) is 18.2 Å². The van der Waals surface area contributed by atoms with Crippen molar-refractivity contribution >= 4 is 11.6 Å². The third-order valence-corrected chi connectivity index (χ3v) is 3.90. The maximum atomic E-state index is 12.3. The van der Waals surface area contributed by atoms with Crippen LogP contribution in [0.4, 0.5) is 5.69 Å². The normalized spacial score (nSPS) is 11.8. The predicted molar refractivity (Wildman–Crippen MR) is 94.9 cm³/mol. The third kappa shape index (κ3) is 4.77. The Labute approximate surface area is 146 Å². The molecular formula is C18H21N3O4. The van der Waals surface area contributed by atoms with Crippen molar-refractivity contribution in [3.8, 4) is 5.75 Å². The number of nitro groups is 1. The van der Waals surface area contributed by atoms with E-state index in [1.165, 1.54) is 18.2 Å². The van der Waals surface area contributed by atoms with Crippen LogP contribution in [0.15, 0.2) is 48.5 Å². The Hall–Kier alpha value is -2.93. The largest absolute Gasteiger partial charge is 0.497 e. The number of carbonyl (C=O) groups excluding carboxylic acids is 1. The van der Waals surface area contributed by atoms with Crippen LogP contribution in [0.1, 0.15) is 22.0 Å². The lowest BCUT2D eigenvalue weighted by atomic mass is 10.1. The van der Waals surface area contributed by atoms with E-state index in [0.29, 0.717) is 6.54 Å². The van der Waals surface area contributed by atoms with E-state index in [-0.39, 0.29) is 23.2 Å². The fourth-order valence-electron chi connectivity index (χ4n) is 2.48. The van der Waals surface area contributed by atoms with Crippen molar-refractivity contribution in [3.05, 3.63) is 69.8 Å². The van der Waals surface area contributed by atoms with Crippen LogP contribution >= 0.6 is 0 Å². The van der Waals surface area contributed by atoms with Gasteiger partial charge in [0.15, 0.2) is 0 Å². The molecule has 0 saturated heterocycles. The summed E-state index contributed by atoms with van der Waals surface area (Å²) in [6.45, 7) is 0.376. The fourth-order valence-corrected chi connectivity index (χ4v) is 2.48. The lowest BCUT2D eigenvalue weighted by Gasteiger charge is -2.25. The number of hydrogen-bond donors (Lipinski definition) is 1. The number of likely N-dealkylation sites (N-methyl/N-ethyl adjacent to an activating group) is 1. The number of ether oxygens (including phenoxy) is 1. The Bertz CT molecular complexity index is 744. The molecular weight excluding hydrogens is 322 g/mol. The lowest BCUT2D eigenvalue weighted by molar-refractivity contribution is -0.384. The Morgan fingerprint density at radius 2 is 1.92 bits per heavy atom. The minimum atomic E-state index is -0.517. The summed E-state index contributed by atoms with van der Waals surface area (Å²) in [4.78, 5) is 24.6. The molecule has 0 heterocycles. The zero-order chi connectivity index (χ0) is 18.4. The number of amides is 1. The molecule has 2 aromatic carbocycles. The average molecular weight is 343 g/mol. The van der Waals surface area contributed by atoms with E-state index < -0.39 is 4.92 Å². The zero-order valence-corrected chi connectivity index (χ0v) is 14.4. The van der Waals surface area contributed by atoms with Crippen molar-refractivity contribution in [3.63, 3.8) is 0 Å². The topological polar surface area (TPSA) is 84.7 Å². The molecule has 25 heavy (non-hydrogen) atoms. The molecule has 132 valence electrons. The zero-order valence-electron chi connectivity index (χ0n) is 14.4. The molecule has 0 aliphatic heterocycles. The first-order chi connectivity index (χ1) is 11.9. The smallest absolute Gasteiger partial charge is 0.270 e. The maximum absolute atomic E-state index is 12.3. The van der Waals surface area contributed by atoms with Gasteiger partial charge in [-0.25, -0.2) is 0 Å². The Morgan fingerprint density at radius 3 is 2.48 bits per heavy atom. The second-order valence-corrected chi connectivity index (χ2v) is 5.77. The summed E-state index contributed by atoms with van der Waals surface area (Å²) in [7, 11) is 5.46. The van der Waals surface area contributed by atoms with Crippen molar-refractivity contribution in [2.45, 2.75) is 6.04 Å². The highest BCUT2D eigenvalue weighted by Gasteiger charge is 2.17. The molecule has 0 bridgehead atoms. The predicted octanol–water partition coefficient (Wildman–Crippen LogP) is 2.64. The summed E-state index contributed by atoms with van der Waals surface area (Å²) in [5.41, 5.74) is 1.19. The number of nitrogens with one attached hydrogen (secondary N) is 1. The number of non-ortho nitro benzene ring substituents is 1. The number of hydrogen-bond acceptors (Lipinski definition) is 5. The molecule has 0 fully saturated rings. The summed E-state index contributed by atoms with van der Waals surface area (Å²) < 4.78 is 5.16. The van der Waals surface area contributed by atoms with Crippen LogP contribution in [0.3, 0.4) is 0 Å². The second-order valence-electron chi connectivity index (χ2n) is 5.77. The lowest BCUT2D eigenvalue weighted by Crippen LogP contribution is -2.34. The summed E-state index contributed by atoms with van der Waals surface area (Å²) in [5.74, 6) is 0.422. The van der Waals surface area contributed by atoms with E-state index in [4.69, 9.17) is 4.74 Å². The Morgan fingerprint density at radius 1 is 1.24 bits per heavy atom. The fraction of sp³-hybridized carbons (Fsp3) is 0.278. The van der Waals surface area contributed by atoms with Gasteiger partial charge in [0.2, 0.25) is 0 Å². The van der Waals surface area contributed by atoms with Crippen molar-refractivity contribution in [2.75, 3.05) is 27.7 Å². The molecule has 1 N–H and O–H groups in total. The number of methoxy groups -OCH3 is 1. The quantitative estimate of drug-likeness (QED) is 0.617. The molecule has 0 radical (unpaired) electrons. The maximum Gasteiger partial charge on any atom is 0.270 e. The van der Waals surface area contributed by atoms with E-state index in [2.05, 4.69) is 5.32 Å². The van der Waals surface area contributed by atoms with Crippen molar-refractivity contribution in [2.24, 2.45) is 0 Å².